The molecule has 41 heavy (non-hydrogen) atoms. The van der Waals surface area contributed by atoms with Crippen molar-refractivity contribution >= 4 is 29.2 Å². The average molecular weight is 582 g/mol. The molecule has 2 unspecified atom stereocenters. The molecule has 1 spiro atoms. The summed E-state index contributed by atoms with van der Waals surface area (Å²) in [6.45, 7) is 2.50. The molecule has 7 nitrogen and oxygen atoms in total. The highest BCUT2D eigenvalue weighted by Crippen LogP contribution is 2.39. The van der Waals surface area contributed by atoms with Gasteiger partial charge in [-0.05, 0) is 69.3 Å². The molecule has 0 bridgehead atoms. The maximum atomic E-state index is 13.7. The Hall–Kier alpha value is -2.06. The molecule has 2 aliphatic heterocycles. The van der Waals surface area contributed by atoms with E-state index in [-0.39, 0.29) is 22.7 Å². The van der Waals surface area contributed by atoms with Crippen molar-refractivity contribution in [2.24, 2.45) is 11.8 Å². The van der Waals surface area contributed by atoms with Gasteiger partial charge in [0.05, 0.1) is 16.9 Å². The number of unbranched alkanes of at least 4 members (excludes halogenated alkanes) is 1. The fourth-order valence-electron chi connectivity index (χ4n) is 7.46. The average Bonchev–Trinajstić information content (AvgIpc) is 3.48. The van der Waals surface area contributed by atoms with Gasteiger partial charge < -0.3 is 14.6 Å². The molecule has 2 atom stereocenters. The number of hydrogen-bond acceptors (Lipinski definition) is 5. The van der Waals surface area contributed by atoms with Crippen LogP contribution in [0.1, 0.15) is 113 Å². The monoisotopic (exact) mass is 581 g/mol. The minimum Gasteiger partial charge on any atom is -0.352 e. The Kier molecular flexibility index (Phi) is 11.0. The van der Waals surface area contributed by atoms with Gasteiger partial charge in [0, 0.05) is 43.8 Å². The van der Waals surface area contributed by atoms with E-state index in [0.29, 0.717) is 23.9 Å². The van der Waals surface area contributed by atoms with Gasteiger partial charge in [-0.1, -0.05) is 57.8 Å². The van der Waals surface area contributed by atoms with Gasteiger partial charge in [-0.2, -0.15) is 0 Å². The molecule has 4 heterocycles. The second-order valence-electron chi connectivity index (χ2n) is 12.8. The second-order valence-corrected chi connectivity index (χ2v) is 13.8. The lowest BCUT2D eigenvalue weighted by molar-refractivity contribution is -0.138. The maximum absolute atomic E-state index is 13.7. The van der Waals surface area contributed by atoms with Crippen LogP contribution in [0, 0.1) is 11.8 Å². The summed E-state index contributed by atoms with van der Waals surface area (Å²) in [4.78, 5) is 32.6. The fraction of sp³-hybridized carbons (Fsp3) is 0.727. The van der Waals surface area contributed by atoms with E-state index in [1.807, 2.05) is 40.7 Å². The van der Waals surface area contributed by atoms with Gasteiger partial charge in [0.2, 0.25) is 5.91 Å². The van der Waals surface area contributed by atoms with Crippen LogP contribution in [0.4, 0.5) is 0 Å². The number of rotatable bonds is 8. The summed E-state index contributed by atoms with van der Waals surface area (Å²) in [7, 11) is 0. The van der Waals surface area contributed by atoms with Crippen LogP contribution in [0.5, 0.6) is 0 Å². The first kappa shape index (κ1) is 30.4. The van der Waals surface area contributed by atoms with Crippen molar-refractivity contribution in [2.45, 2.75) is 114 Å². The van der Waals surface area contributed by atoms with Crippen LogP contribution < -0.4 is 10.6 Å². The van der Waals surface area contributed by atoms with Crippen molar-refractivity contribution in [1.29, 1.82) is 0 Å². The Balaban J connectivity index is 1.01. The number of hydrogen-bond donors (Lipinski definition) is 2. The Morgan fingerprint density at radius 1 is 1.00 bits per heavy atom. The van der Waals surface area contributed by atoms with E-state index in [4.69, 9.17) is 0 Å². The third kappa shape index (κ3) is 8.07. The largest absolute Gasteiger partial charge is 0.352 e. The third-order valence-corrected chi connectivity index (χ3v) is 11.0. The Morgan fingerprint density at radius 2 is 1.73 bits per heavy atom. The maximum Gasteiger partial charge on any atom is 0.252 e. The normalized spacial score (nSPS) is 24.4. The number of carbonyl (C=O) groups excluding carboxylic acids is 2. The molecule has 5 rings (SSSR count). The number of imidazole rings is 1. The second kappa shape index (κ2) is 14.9. The predicted octanol–water partition coefficient (Wildman–Crippen LogP) is 6.43. The van der Waals surface area contributed by atoms with Crippen molar-refractivity contribution in [2.75, 3.05) is 25.9 Å². The van der Waals surface area contributed by atoms with E-state index in [2.05, 4.69) is 26.8 Å². The van der Waals surface area contributed by atoms with Crippen LogP contribution >= 0.6 is 11.8 Å². The van der Waals surface area contributed by atoms with Gasteiger partial charge >= 0.3 is 0 Å². The highest BCUT2D eigenvalue weighted by Gasteiger charge is 2.43. The molecule has 1 saturated carbocycles. The lowest BCUT2D eigenvalue weighted by Gasteiger charge is -2.47. The summed E-state index contributed by atoms with van der Waals surface area (Å²) in [5.41, 5.74) is 1.76. The summed E-state index contributed by atoms with van der Waals surface area (Å²) < 4.78 is 1.87. The number of piperidine rings is 2. The Bertz CT molecular complexity index is 1120. The molecule has 2 aromatic rings. The van der Waals surface area contributed by atoms with Gasteiger partial charge in [0.1, 0.15) is 5.65 Å². The van der Waals surface area contributed by atoms with Crippen molar-refractivity contribution < 1.29 is 9.59 Å². The van der Waals surface area contributed by atoms with Crippen LogP contribution in [-0.4, -0.2) is 62.9 Å². The van der Waals surface area contributed by atoms with E-state index in [0.717, 1.165) is 57.3 Å². The van der Waals surface area contributed by atoms with Crippen LogP contribution in [0.15, 0.2) is 30.7 Å². The molecular formula is C33H51N5O2S. The summed E-state index contributed by atoms with van der Waals surface area (Å²) in [6, 6.07) is 3.70. The first-order valence-electron chi connectivity index (χ1n) is 16.4. The number of pyridine rings is 1. The van der Waals surface area contributed by atoms with E-state index < -0.39 is 0 Å². The molecule has 226 valence electrons. The lowest BCUT2D eigenvalue weighted by atomic mass is 9.76. The van der Waals surface area contributed by atoms with Gasteiger partial charge in [0.25, 0.3) is 5.91 Å². The van der Waals surface area contributed by atoms with Gasteiger partial charge in [-0.25, -0.2) is 4.98 Å². The smallest absolute Gasteiger partial charge is 0.252 e. The Morgan fingerprint density at radius 3 is 2.46 bits per heavy atom. The van der Waals surface area contributed by atoms with Crippen molar-refractivity contribution in [1.82, 2.24) is 24.9 Å². The van der Waals surface area contributed by atoms with Crippen molar-refractivity contribution in [3.8, 4) is 0 Å². The number of amides is 2. The van der Waals surface area contributed by atoms with Crippen LogP contribution in [0.3, 0.4) is 0 Å². The van der Waals surface area contributed by atoms with Crippen LogP contribution in [0.2, 0.25) is 0 Å². The molecule has 2 saturated heterocycles. The zero-order valence-corrected chi connectivity index (χ0v) is 25.9. The summed E-state index contributed by atoms with van der Waals surface area (Å²) >= 11 is 1.86. The minimum absolute atomic E-state index is 0.0282. The number of aromatic nitrogens is 2. The highest BCUT2D eigenvalue weighted by molar-refractivity contribution is 7.99. The first-order chi connectivity index (χ1) is 20.1. The number of nitrogens with zero attached hydrogens (tertiary/aromatic N) is 3. The van der Waals surface area contributed by atoms with E-state index in [1.165, 1.54) is 64.2 Å². The molecule has 8 heteroatoms. The standard InChI is InChI=1S/C33H51N5O2S/c1-41-31-28(14-19-33(36-31)17-8-5-3-2-4-6-9-18-33)32(40)37-22-15-26(16-23-37)11-7-10-20-35-30(39)27-12-13-29-34-21-24-38(29)25-27/h12-13,21,24-26,28,31,36H,2-11,14-20,22-23H2,1H3,(H,35,39). The quantitative estimate of drug-likeness (QED) is 0.352. The van der Waals surface area contributed by atoms with Crippen molar-refractivity contribution in [3.63, 3.8) is 0 Å². The zero-order chi connectivity index (χ0) is 28.5. The van der Waals surface area contributed by atoms with Crippen LogP contribution in [-0.2, 0) is 4.79 Å². The SMILES string of the molecule is CSC1NC2(CCCCCCCCC2)CCC1C(=O)N1CCC(CCCCNC(=O)c2ccc3nccn3c2)CC1. The zero-order valence-electron chi connectivity index (χ0n) is 25.1. The fourth-order valence-corrected chi connectivity index (χ4v) is 8.41. The number of carbonyl (C=O) groups is 2. The highest BCUT2D eigenvalue weighted by atomic mass is 32.2. The molecular weight excluding hydrogens is 530 g/mol. The molecule has 2 N–H and O–H groups in total. The summed E-state index contributed by atoms with van der Waals surface area (Å²) in [5.74, 6) is 1.16. The van der Waals surface area contributed by atoms with Gasteiger partial charge in [-0.3, -0.25) is 14.9 Å². The van der Waals surface area contributed by atoms with Crippen LogP contribution in [0.25, 0.3) is 5.65 Å². The molecule has 3 aliphatic rings. The van der Waals surface area contributed by atoms with E-state index >= 15 is 0 Å². The molecule has 2 aromatic heterocycles. The van der Waals surface area contributed by atoms with Crippen molar-refractivity contribution in [3.05, 3.63) is 36.3 Å². The number of likely N-dealkylation sites (tertiary alicyclic amines) is 1. The Labute approximate surface area is 251 Å². The molecule has 2 amide bonds. The van der Waals surface area contributed by atoms with E-state index in [9.17, 15) is 9.59 Å². The van der Waals surface area contributed by atoms with E-state index in [1.54, 1.807) is 6.20 Å². The number of nitrogens with one attached hydrogen (secondary N) is 2. The molecule has 1 aliphatic carbocycles. The molecule has 3 fully saturated rings. The topological polar surface area (TPSA) is 78.7 Å². The van der Waals surface area contributed by atoms with Gasteiger partial charge in [0.15, 0.2) is 0 Å². The first-order valence-corrected chi connectivity index (χ1v) is 17.7. The predicted molar refractivity (Wildman–Crippen MR) is 168 cm³/mol. The molecule has 0 radical (unpaired) electrons. The third-order valence-electron chi connectivity index (χ3n) is 10.0. The number of fused-ring (bicyclic) bond motifs is 1. The summed E-state index contributed by atoms with van der Waals surface area (Å²) in [5, 5.41) is 7.37. The van der Waals surface area contributed by atoms with Gasteiger partial charge in [-0.15, -0.1) is 11.8 Å². The lowest BCUT2D eigenvalue weighted by Crippen LogP contribution is -2.59. The number of thioether (sulfide) groups is 1. The summed E-state index contributed by atoms with van der Waals surface area (Å²) in [6.07, 6.45) is 27.4. The molecule has 0 aromatic carbocycles. The minimum atomic E-state index is -0.0282.